The molecule has 154 valence electrons. The Bertz CT molecular complexity index is 1220. The third kappa shape index (κ3) is 4.08. The van der Waals surface area contributed by atoms with Crippen molar-refractivity contribution in [1.82, 2.24) is 9.55 Å². The smallest absolute Gasteiger partial charge is 0.355 e. The summed E-state index contributed by atoms with van der Waals surface area (Å²) in [5, 5.41) is -0.403. The number of benzene rings is 1. The summed E-state index contributed by atoms with van der Waals surface area (Å²) in [6, 6.07) is 5.41. The van der Waals surface area contributed by atoms with Crippen LogP contribution < -0.4 is 5.43 Å². The van der Waals surface area contributed by atoms with E-state index in [1.165, 1.54) is 36.2 Å². The molecule has 9 heteroatoms. The van der Waals surface area contributed by atoms with Crippen LogP contribution in [0.2, 0.25) is 5.02 Å². The van der Waals surface area contributed by atoms with E-state index in [-0.39, 0.29) is 33.8 Å². The Hall–Kier alpha value is -3.52. The van der Waals surface area contributed by atoms with Crippen LogP contribution in [0.5, 0.6) is 0 Å². The summed E-state index contributed by atoms with van der Waals surface area (Å²) < 4.78 is 25.2. The highest BCUT2D eigenvalue weighted by Gasteiger charge is 2.22. The van der Waals surface area contributed by atoms with Crippen LogP contribution in [-0.2, 0) is 14.3 Å². The van der Waals surface area contributed by atoms with Crippen LogP contribution in [-0.4, -0.2) is 35.2 Å². The van der Waals surface area contributed by atoms with Crippen molar-refractivity contribution in [2.75, 3.05) is 13.7 Å². The number of nitrogens with zero attached hydrogens (tertiary/aromatic N) is 2. The van der Waals surface area contributed by atoms with Crippen LogP contribution in [0, 0.1) is 5.82 Å². The van der Waals surface area contributed by atoms with Gasteiger partial charge in [0.2, 0.25) is 5.43 Å². The normalized spacial score (nSPS) is 11.4. The topological polar surface area (TPSA) is 87.5 Å². The molecular weight excluding hydrogens is 415 g/mol. The SMILES string of the molecule is CCOC(=O)c1cn(/C(=C\c2ccncc2)C(=O)OC)c2cc(Cl)c(F)cc2c1=O. The number of hydrogen-bond donors (Lipinski definition) is 0. The Morgan fingerprint density at radius 3 is 2.60 bits per heavy atom. The van der Waals surface area contributed by atoms with Gasteiger partial charge in [0.25, 0.3) is 0 Å². The largest absolute Gasteiger partial charge is 0.464 e. The molecule has 3 aromatic rings. The maximum absolute atomic E-state index is 14.1. The van der Waals surface area contributed by atoms with Crippen molar-refractivity contribution >= 4 is 46.2 Å². The molecule has 0 atom stereocenters. The molecule has 0 unspecified atom stereocenters. The van der Waals surface area contributed by atoms with Gasteiger partial charge in [-0.05, 0) is 42.8 Å². The Kier molecular flexibility index (Phi) is 6.27. The highest BCUT2D eigenvalue weighted by Crippen LogP contribution is 2.25. The number of pyridine rings is 2. The highest BCUT2D eigenvalue weighted by molar-refractivity contribution is 6.31. The fourth-order valence-corrected chi connectivity index (χ4v) is 2.98. The van der Waals surface area contributed by atoms with Gasteiger partial charge >= 0.3 is 11.9 Å². The molecule has 0 aliphatic carbocycles. The molecule has 0 aliphatic heterocycles. The standard InChI is InChI=1S/C21H16ClFN2O5/c1-3-30-20(27)14-11-25(17-10-15(22)16(23)9-13(17)19(14)26)18(21(28)29-2)8-12-4-6-24-7-5-12/h4-11H,3H2,1-2H3/b18-8-. The minimum Gasteiger partial charge on any atom is -0.464 e. The summed E-state index contributed by atoms with van der Waals surface area (Å²) in [6.07, 6.45) is 5.69. The van der Waals surface area contributed by atoms with Crippen molar-refractivity contribution in [3.05, 3.63) is 75.0 Å². The van der Waals surface area contributed by atoms with Gasteiger partial charge in [-0.1, -0.05) is 11.6 Å². The Morgan fingerprint density at radius 1 is 1.27 bits per heavy atom. The van der Waals surface area contributed by atoms with Gasteiger partial charge in [-0.25, -0.2) is 14.0 Å². The maximum Gasteiger partial charge on any atom is 0.355 e. The van der Waals surface area contributed by atoms with E-state index in [0.29, 0.717) is 5.56 Å². The van der Waals surface area contributed by atoms with Crippen molar-refractivity contribution in [3.63, 3.8) is 0 Å². The molecule has 0 saturated heterocycles. The molecule has 0 bridgehead atoms. The third-order valence-electron chi connectivity index (χ3n) is 4.20. The van der Waals surface area contributed by atoms with E-state index in [1.807, 2.05) is 0 Å². The average Bonchev–Trinajstić information content (AvgIpc) is 2.74. The molecule has 30 heavy (non-hydrogen) atoms. The lowest BCUT2D eigenvalue weighted by Gasteiger charge is -2.15. The van der Waals surface area contributed by atoms with E-state index in [1.54, 1.807) is 19.1 Å². The second-order valence-electron chi connectivity index (χ2n) is 6.05. The molecule has 0 radical (unpaired) electrons. The van der Waals surface area contributed by atoms with Crippen molar-refractivity contribution in [3.8, 4) is 0 Å². The lowest BCUT2D eigenvalue weighted by molar-refractivity contribution is -0.134. The van der Waals surface area contributed by atoms with E-state index in [2.05, 4.69) is 4.98 Å². The minimum atomic E-state index is -0.901. The number of aromatic nitrogens is 2. The van der Waals surface area contributed by atoms with Gasteiger partial charge in [-0.2, -0.15) is 0 Å². The zero-order valence-electron chi connectivity index (χ0n) is 16.0. The second-order valence-corrected chi connectivity index (χ2v) is 6.45. The van der Waals surface area contributed by atoms with Gasteiger partial charge in [0.1, 0.15) is 17.1 Å². The average molecular weight is 431 g/mol. The molecule has 2 heterocycles. The monoisotopic (exact) mass is 430 g/mol. The quantitative estimate of drug-likeness (QED) is 0.454. The number of rotatable bonds is 5. The number of halogens is 2. The molecule has 0 N–H and O–H groups in total. The molecule has 1 aromatic carbocycles. The fraction of sp³-hybridized carbons (Fsp3) is 0.143. The summed E-state index contributed by atoms with van der Waals surface area (Å²) in [5.74, 6) is -2.50. The van der Waals surface area contributed by atoms with Gasteiger partial charge in [0, 0.05) is 24.0 Å². The Morgan fingerprint density at radius 2 is 1.97 bits per heavy atom. The second kappa shape index (κ2) is 8.87. The van der Waals surface area contributed by atoms with Gasteiger partial charge in [-0.15, -0.1) is 0 Å². The van der Waals surface area contributed by atoms with Gasteiger partial charge in [-0.3, -0.25) is 9.78 Å². The van der Waals surface area contributed by atoms with Crippen molar-refractivity contribution in [2.24, 2.45) is 0 Å². The summed E-state index contributed by atoms with van der Waals surface area (Å²) in [5.41, 5.74) is -0.436. The molecule has 0 saturated carbocycles. The van der Waals surface area contributed by atoms with Gasteiger partial charge in [0.05, 0.1) is 24.3 Å². The Labute approximate surface area is 175 Å². The van der Waals surface area contributed by atoms with E-state index in [9.17, 15) is 18.8 Å². The number of ether oxygens (including phenoxy) is 2. The van der Waals surface area contributed by atoms with E-state index in [4.69, 9.17) is 21.1 Å². The zero-order valence-corrected chi connectivity index (χ0v) is 16.8. The predicted molar refractivity (Wildman–Crippen MR) is 110 cm³/mol. The number of hydrogen-bond acceptors (Lipinski definition) is 6. The first-order chi connectivity index (χ1) is 14.4. The van der Waals surface area contributed by atoms with Crippen LogP contribution in [0.1, 0.15) is 22.8 Å². The van der Waals surface area contributed by atoms with Crippen molar-refractivity contribution in [1.29, 1.82) is 0 Å². The number of methoxy groups -OCH3 is 1. The Balaban J connectivity index is 2.41. The minimum absolute atomic E-state index is 0.0298. The zero-order chi connectivity index (χ0) is 21.8. The third-order valence-corrected chi connectivity index (χ3v) is 4.49. The molecule has 0 fully saturated rings. The predicted octanol–water partition coefficient (Wildman–Crippen LogP) is 3.54. The number of fused-ring (bicyclic) bond motifs is 1. The summed E-state index contributed by atoms with van der Waals surface area (Å²) in [7, 11) is 1.19. The molecule has 3 rings (SSSR count). The lowest BCUT2D eigenvalue weighted by atomic mass is 10.1. The van der Waals surface area contributed by atoms with Gasteiger partial charge in [0.15, 0.2) is 0 Å². The summed E-state index contributed by atoms with van der Waals surface area (Å²) in [6.45, 7) is 1.61. The molecule has 2 aromatic heterocycles. The number of carbonyl (C=O) groups excluding carboxylic acids is 2. The fourth-order valence-electron chi connectivity index (χ4n) is 2.82. The summed E-state index contributed by atoms with van der Waals surface area (Å²) >= 11 is 5.92. The van der Waals surface area contributed by atoms with Crippen molar-refractivity contribution in [2.45, 2.75) is 6.92 Å². The molecular formula is C21H16ClFN2O5. The van der Waals surface area contributed by atoms with Crippen molar-refractivity contribution < 1.29 is 23.5 Å². The lowest BCUT2D eigenvalue weighted by Crippen LogP contribution is -2.22. The first-order valence-electron chi connectivity index (χ1n) is 8.79. The molecule has 7 nitrogen and oxygen atoms in total. The van der Waals surface area contributed by atoms with Crippen LogP contribution in [0.25, 0.3) is 22.7 Å². The highest BCUT2D eigenvalue weighted by atomic mass is 35.5. The number of esters is 2. The first-order valence-corrected chi connectivity index (χ1v) is 9.17. The van der Waals surface area contributed by atoms with Crippen LogP contribution in [0.3, 0.4) is 0 Å². The number of carbonyl (C=O) groups is 2. The molecule has 0 aliphatic rings. The van der Waals surface area contributed by atoms with Gasteiger partial charge < -0.3 is 14.0 Å². The van der Waals surface area contributed by atoms with E-state index in [0.717, 1.165) is 12.3 Å². The maximum atomic E-state index is 14.1. The van der Waals surface area contributed by atoms with Crippen LogP contribution >= 0.6 is 11.6 Å². The van der Waals surface area contributed by atoms with Crippen LogP contribution in [0.15, 0.2) is 47.7 Å². The van der Waals surface area contributed by atoms with E-state index >= 15 is 0 Å². The van der Waals surface area contributed by atoms with E-state index < -0.39 is 23.2 Å². The van der Waals surface area contributed by atoms with Crippen LogP contribution in [0.4, 0.5) is 4.39 Å². The molecule has 0 spiro atoms. The molecule has 0 amide bonds. The first kappa shape index (κ1) is 21.2. The summed E-state index contributed by atoms with van der Waals surface area (Å²) in [4.78, 5) is 41.6.